The fourth-order valence-electron chi connectivity index (χ4n) is 2.89. The Balaban J connectivity index is 3.91. The van der Waals surface area contributed by atoms with Gasteiger partial charge in [-0.3, -0.25) is 0 Å². The molecule has 0 fully saturated rings. The molecule has 0 aromatic rings. The predicted octanol–water partition coefficient (Wildman–Crippen LogP) is 6.90. The highest BCUT2D eigenvalue weighted by Crippen LogP contribution is 2.29. The van der Waals surface area contributed by atoms with Crippen molar-refractivity contribution in [2.45, 2.75) is 93.4 Å². The molecule has 0 bridgehead atoms. The van der Waals surface area contributed by atoms with E-state index in [9.17, 15) is 0 Å². The summed E-state index contributed by atoms with van der Waals surface area (Å²) in [5.41, 5.74) is 0. The van der Waals surface area contributed by atoms with E-state index in [2.05, 4.69) is 48.5 Å². The fourth-order valence-corrected chi connectivity index (χ4v) is 2.89. The first kappa shape index (κ1) is 19.0. The van der Waals surface area contributed by atoms with Crippen molar-refractivity contribution in [1.82, 2.24) is 0 Å². The summed E-state index contributed by atoms with van der Waals surface area (Å²) in [6, 6.07) is 0. The average molecular weight is 268 g/mol. The van der Waals surface area contributed by atoms with Crippen LogP contribution < -0.4 is 0 Å². The largest absolute Gasteiger partial charge is 0.0628 e. The molecular weight excluding hydrogens is 228 g/mol. The summed E-state index contributed by atoms with van der Waals surface area (Å²) in [5, 5.41) is 0. The maximum atomic E-state index is 2.46. The van der Waals surface area contributed by atoms with Crippen LogP contribution in [0.25, 0.3) is 0 Å². The molecule has 0 spiro atoms. The summed E-state index contributed by atoms with van der Waals surface area (Å²) in [6.07, 6.45) is 9.87. The number of hydrogen-bond acceptors (Lipinski definition) is 0. The topological polar surface area (TPSA) is 0 Å². The third-order valence-corrected chi connectivity index (χ3v) is 4.32. The van der Waals surface area contributed by atoms with E-state index in [1.54, 1.807) is 5.92 Å². The minimum absolute atomic E-state index is 0.862. The Bertz CT molecular complexity index is 190. The number of hydrogen-bond donors (Lipinski definition) is 0. The van der Waals surface area contributed by atoms with Crippen molar-refractivity contribution in [3.8, 4) is 0 Å². The van der Waals surface area contributed by atoms with Crippen LogP contribution in [-0.2, 0) is 0 Å². The molecule has 0 heteroatoms. The van der Waals surface area contributed by atoms with Crippen LogP contribution in [0.2, 0.25) is 0 Å². The summed E-state index contributed by atoms with van der Waals surface area (Å²) in [4.78, 5) is 0. The van der Waals surface area contributed by atoms with Gasteiger partial charge < -0.3 is 0 Å². The average Bonchev–Trinajstić information content (AvgIpc) is 2.26. The Kier molecular flexibility index (Phi) is 10.7. The Hall–Kier alpha value is 0. The van der Waals surface area contributed by atoms with Gasteiger partial charge in [-0.1, -0.05) is 80.6 Å². The van der Waals surface area contributed by atoms with E-state index in [4.69, 9.17) is 0 Å². The van der Waals surface area contributed by atoms with E-state index in [0.29, 0.717) is 0 Å². The quantitative estimate of drug-likeness (QED) is 0.382. The molecule has 0 N–H and O–H groups in total. The highest BCUT2D eigenvalue weighted by molar-refractivity contribution is 4.87. The minimum atomic E-state index is 0.862. The third-order valence-electron chi connectivity index (χ3n) is 4.32. The summed E-state index contributed by atoms with van der Waals surface area (Å²) in [5.74, 6) is 5.15. The van der Waals surface area contributed by atoms with E-state index in [0.717, 1.165) is 23.7 Å². The van der Waals surface area contributed by atoms with Gasteiger partial charge in [-0.05, 0) is 42.4 Å². The molecule has 19 heavy (non-hydrogen) atoms. The van der Waals surface area contributed by atoms with Gasteiger partial charge in [-0.25, -0.2) is 0 Å². The zero-order valence-electron chi connectivity index (χ0n) is 14.8. The lowest BCUT2D eigenvalue weighted by Gasteiger charge is -2.24. The van der Waals surface area contributed by atoms with Crippen LogP contribution in [0, 0.1) is 29.6 Å². The molecular formula is C19H39. The van der Waals surface area contributed by atoms with Crippen LogP contribution in [0.4, 0.5) is 0 Å². The number of rotatable bonds is 11. The molecule has 2 atom stereocenters. The molecule has 0 aliphatic rings. The van der Waals surface area contributed by atoms with E-state index in [-0.39, 0.29) is 0 Å². The molecule has 0 amide bonds. The van der Waals surface area contributed by atoms with Gasteiger partial charge in [-0.15, -0.1) is 0 Å². The summed E-state index contributed by atoms with van der Waals surface area (Å²) >= 11 is 0. The van der Waals surface area contributed by atoms with Crippen LogP contribution in [0.1, 0.15) is 93.4 Å². The summed E-state index contributed by atoms with van der Waals surface area (Å²) in [6.45, 7) is 16.5. The normalized spacial score (nSPS) is 15.5. The van der Waals surface area contributed by atoms with Crippen LogP contribution in [0.3, 0.4) is 0 Å². The molecule has 0 heterocycles. The van der Waals surface area contributed by atoms with Crippen LogP contribution >= 0.6 is 0 Å². The molecule has 0 saturated heterocycles. The molecule has 2 unspecified atom stereocenters. The first-order valence-corrected chi connectivity index (χ1v) is 8.62. The van der Waals surface area contributed by atoms with Gasteiger partial charge in [0.15, 0.2) is 0 Å². The summed E-state index contributed by atoms with van der Waals surface area (Å²) in [7, 11) is 0. The molecule has 1 radical (unpaired) electrons. The predicted molar refractivity (Wildman–Crippen MR) is 89.2 cm³/mol. The van der Waals surface area contributed by atoms with E-state index in [1.807, 2.05) is 0 Å². The third kappa shape index (κ3) is 11.5. The monoisotopic (exact) mass is 267 g/mol. The van der Waals surface area contributed by atoms with E-state index < -0.39 is 0 Å². The van der Waals surface area contributed by atoms with Gasteiger partial charge in [-0.2, -0.15) is 0 Å². The van der Waals surface area contributed by atoms with Crippen molar-refractivity contribution in [1.29, 1.82) is 0 Å². The smallest absolute Gasteiger partial charge is 0.0272 e. The minimum Gasteiger partial charge on any atom is -0.0628 e. The molecule has 0 aliphatic carbocycles. The van der Waals surface area contributed by atoms with Crippen molar-refractivity contribution < 1.29 is 0 Å². The second kappa shape index (κ2) is 10.7. The van der Waals surface area contributed by atoms with Gasteiger partial charge in [0.25, 0.3) is 0 Å². The fraction of sp³-hybridized carbons (Fsp3) is 0.947. The molecule has 0 aromatic heterocycles. The van der Waals surface area contributed by atoms with Crippen LogP contribution in [-0.4, -0.2) is 0 Å². The first-order chi connectivity index (χ1) is 8.82. The molecule has 0 saturated carbocycles. The Labute approximate surface area is 123 Å². The van der Waals surface area contributed by atoms with E-state index >= 15 is 0 Å². The molecule has 115 valence electrons. The summed E-state index contributed by atoms with van der Waals surface area (Å²) < 4.78 is 0. The maximum absolute atomic E-state index is 2.46. The standard InChI is InChI=1S/C19H39/c1-15(2)10-8-12-18(7)14-19(17(5)6)13-9-11-16(3)4/h15-16,18-19H,8-14H2,1-7H3. The second-order valence-corrected chi connectivity index (χ2v) is 7.76. The van der Waals surface area contributed by atoms with Crippen molar-refractivity contribution in [2.75, 3.05) is 0 Å². The van der Waals surface area contributed by atoms with Gasteiger partial charge in [0.1, 0.15) is 0 Å². The maximum Gasteiger partial charge on any atom is -0.0272 e. The Morgan fingerprint density at radius 3 is 1.58 bits per heavy atom. The van der Waals surface area contributed by atoms with E-state index in [1.165, 1.54) is 44.9 Å². The molecule has 0 rings (SSSR count). The molecule has 0 aromatic carbocycles. The Morgan fingerprint density at radius 1 is 0.684 bits per heavy atom. The highest BCUT2D eigenvalue weighted by Gasteiger charge is 2.17. The lowest BCUT2D eigenvalue weighted by molar-refractivity contribution is 0.339. The van der Waals surface area contributed by atoms with Crippen molar-refractivity contribution in [3.05, 3.63) is 5.92 Å². The van der Waals surface area contributed by atoms with Gasteiger partial charge in [0.05, 0.1) is 0 Å². The first-order valence-electron chi connectivity index (χ1n) is 8.62. The molecule has 0 aliphatic heterocycles. The van der Waals surface area contributed by atoms with Crippen LogP contribution in [0.5, 0.6) is 0 Å². The lowest BCUT2D eigenvalue weighted by Crippen LogP contribution is -2.12. The van der Waals surface area contributed by atoms with Crippen LogP contribution in [0.15, 0.2) is 0 Å². The van der Waals surface area contributed by atoms with Crippen molar-refractivity contribution in [2.24, 2.45) is 23.7 Å². The van der Waals surface area contributed by atoms with Gasteiger partial charge in [0.2, 0.25) is 0 Å². The molecule has 0 nitrogen and oxygen atoms in total. The van der Waals surface area contributed by atoms with Crippen molar-refractivity contribution in [3.63, 3.8) is 0 Å². The highest BCUT2D eigenvalue weighted by atomic mass is 14.2. The zero-order valence-corrected chi connectivity index (χ0v) is 14.8. The SMILES string of the molecule is C[C](C)C(CCCC(C)C)CC(C)CCCC(C)C. The zero-order chi connectivity index (χ0) is 14.8. The van der Waals surface area contributed by atoms with Gasteiger partial charge in [0, 0.05) is 0 Å². The van der Waals surface area contributed by atoms with Gasteiger partial charge >= 0.3 is 0 Å². The second-order valence-electron chi connectivity index (χ2n) is 7.76. The Morgan fingerprint density at radius 2 is 1.16 bits per heavy atom. The van der Waals surface area contributed by atoms with Crippen molar-refractivity contribution >= 4 is 0 Å². The lowest BCUT2D eigenvalue weighted by atomic mass is 9.81.